The second kappa shape index (κ2) is 7.39. The van der Waals surface area contributed by atoms with Gasteiger partial charge in [-0.3, -0.25) is 9.69 Å². The summed E-state index contributed by atoms with van der Waals surface area (Å²) in [7, 11) is 0. The molecule has 1 aliphatic heterocycles. The number of ether oxygens (including phenoxy) is 1. The van der Waals surface area contributed by atoms with Crippen LogP contribution in [0, 0.1) is 0 Å². The van der Waals surface area contributed by atoms with Crippen LogP contribution in [-0.4, -0.2) is 59.5 Å². The Morgan fingerprint density at radius 2 is 2.04 bits per heavy atom. The topological polar surface area (TPSA) is 59.4 Å². The summed E-state index contributed by atoms with van der Waals surface area (Å²) in [6, 6.07) is 10.0. The van der Waals surface area contributed by atoms with Crippen molar-refractivity contribution < 1.29 is 9.53 Å². The summed E-state index contributed by atoms with van der Waals surface area (Å²) in [5.74, 6) is -0.0905. The summed E-state index contributed by atoms with van der Waals surface area (Å²) < 4.78 is 7.06. The van der Waals surface area contributed by atoms with Gasteiger partial charge in [0.25, 0.3) is 5.91 Å². The van der Waals surface area contributed by atoms with Gasteiger partial charge in [-0.2, -0.15) is 5.10 Å². The molecule has 2 heterocycles. The number of hydrogen-bond donors (Lipinski definition) is 1. The van der Waals surface area contributed by atoms with Crippen LogP contribution in [0.1, 0.15) is 17.3 Å². The zero-order valence-electron chi connectivity index (χ0n) is 13.3. The van der Waals surface area contributed by atoms with Crippen LogP contribution < -0.4 is 5.32 Å². The lowest BCUT2D eigenvalue weighted by Gasteiger charge is -2.32. The third kappa shape index (κ3) is 3.97. The zero-order chi connectivity index (χ0) is 16.1. The number of aromatic nitrogens is 2. The van der Waals surface area contributed by atoms with Crippen molar-refractivity contribution >= 4 is 5.91 Å². The van der Waals surface area contributed by atoms with Crippen LogP contribution in [0.3, 0.4) is 0 Å². The molecule has 1 unspecified atom stereocenters. The molecule has 0 spiro atoms. The van der Waals surface area contributed by atoms with Crippen molar-refractivity contribution in [1.82, 2.24) is 20.0 Å². The lowest BCUT2D eigenvalue weighted by molar-refractivity contribution is 0.0204. The highest BCUT2D eigenvalue weighted by Gasteiger charge is 2.18. The molecule has 122 valence electrons. The highest BCUT2D eigenvalue weighted by atomic mass is 16.5. The number of morpholine rings is 1. The number of rotatable bonds is 5. The molecule has 1 aliphatic rings. The Kier molecular flexibility index (Phi) is 5.05. The zero-order valence-corrected chi connectivity index (χ0v) is 13.3. The Bertz CT molecular complexity index is 635. The van der Waals surface area contributed by atoms with E-state index in [2.05, 4.69) is 22.2 Å². The fourth-order valence-corrected chi connectivity index (χ4v) is 2.65. The average molecular weight is 314 g/mol. The number of carbonyl (C=O) groups is 1. The average Bonchev–Trinajstić information content (AvgIpc) is 3.11. The van der Waals surface area contributed by atoms with E-state index in [-0.39, 0.29) is 5.91 Å². The number of para-hydroxylation sites is 1. The molecular formula is C17H22N4O2. The van der Waals surface area contributed by atoms with Crippen molar-refractivity contribution in [3.63, 3.8) is 0 Å². The van der Waals surface area contributed by atoms with E-state index in [1.54, 1.807) is 17.1 Å². The van der Waals surface area contributed by atoms with Crippen LogP contribution in [0.25, 0.3) is 5.69 Å². The van der Waals surface area contributed by atoms with Gasteiger partial charge >= 0.3 is 0 Å². The highest BCUT2D eigenvalue weighted by Crippen LogP contribution is 2.08. The quantitative estimate of drug-likeness (QED) is 0.904. The van der Waals surface area contributed by atoms with E-state index in [9.17, 15) is 4.79 Å². The molecule has 3 rings (SSSR count). The lowest BCUT2D eigenvalue weighted by Crippen LogP contribution is -2.47. The first-order valence-corrected chi connectivity index (χ1v) is 7.94. The van der Waals surface area contributed by atoms with Gasteiger partial charge < -0.3 is 10.1 Å². The van der Waals surface area contributed by atoms with Crippen LogP contribution in [0.4, 0.5) is 0 Å². The second-order valence-electron chi connectivity index (χ2n) is 5.72. The molecule has 0 bridgehead atoms. The van der Waals surface area contributed by atoms with Crippen LogP contribution in [0.15, 0.2) is 42.7 Å². The summed E-state index contributed by atoms with van der Waals surface area (Å²) in [6.07, 6.45) is 3.35. The van der Waals surface area contributed by atoms with Crippen molar-refractivity contribution in [3.8, 4) is 5.69 Å². The van der Waals surface area contributed by atoms with Gasteiger partial charge in [-0.05, 0) is 19.1 Å². The molecule has 0 aliphatic carbocycles. The van der Waals surface area contributed by atoms with E-state index in [0.717, 1.165) is 32.0 Å². The minimum atomic E-state index is -0.0905. The molecule has 23 heavy (non-hydrogen) atoms. The van der Waals surface area contributed by atoms with Crippen molar-refractivity contribution in [3.05, 3.63) is 48.3 Å². The fraction of sp³-hybridized carbons (Fsp3) is 0.412. The predicted molar refractivity (Wildman–Crippen MR) is 87.8 cm³/mol. The van der Waals surface area contributed by atoms with Gasteiger partial charge in [0.2, 0.25) is 0 Å². The summed E-state index contributed by atoms with van der Waals surface area (Å²) in [5.41, 5.74) is 1.51. The van der Waals surface area contributed by atoms with E-state index in [4.69, 9.17) is 4.74 Å². The maximum atomic E-state index is 12.3. The normalized spacial score (nSPS) is 16.9. The minimum absolute atomic E-state index is 0.0905. The fourth-order valence-electron chi connectivity index (χ4n) is 2.65. The summed E-state index contributed by atoms with van der Waals surface area (Å²) in [4.78, 5) is 14.6. The maximum Gasteiger partial charge on any atom is 0.254 e. The van der Waals surface area contributed by atoms with Crippen molar-refractivity contribution in [2.24, 2.45) is 0 Å². The molecule has 1 saturated heterocycles. The van der Waals surface area contributed by atoms with E-state index in [1.165, 1.54) is 0 Å². The molecule has 1 fully saturated rings. The SMILES string of the molecule is CC(CNC(=O)c1cnn(-c2ccccc2)c1)N1CCOCC1. The highest BCUT2D eigenvalue weighted by molar-refractivity contribution is 5.93. The van der Waals surface area contributed by atoms with Gasteiger partial charge in [-0.1, -0.05) is 18.2 Å². The van der Waals surface area contributed by atoms with Crippen LogP contribution in [0.5, 0.6) is 0 Å². The van der Waals surface area contributed by atoms with Gasteiger partial charge in [0.05, 0.1) is 30.7 Å². The minimum Gasteiger partial charge on any atom is -0.379 e. The number of hydrogen-bond acceptors (Lipinski definition) is 4. The van der Waals surface area contributed by atoms with E-state index >= 15 is 0 Å². The number of carbonyl (C=O) groups excluding carboxylic acids is 1. The summed E-state index contributed by atoms with van der Waals surface area (Å²) in [6.45, 7) is 6.12. The predicted octanol–water partition coefficient (Wildman–Crippen LogP) is 1.32. The Hall–Kier alpha value is -2.18. The van der Waals surface area contributed by atoms with Crippen molar-refractivity contribution in [2.45, 2.75) is 13.0 Å². The summed E-state index contributed by atoms with van der Waals surface area (Å²) in [5, 5.41) is 7.24. The Balaban J connectivity index is 1.55. The second-order valence-corrected chi connectivity index (χ2v) is 5.72. The number of benzene rings is 1. The van der Waals surface area contributed by atoms with Crippen LogP contribution >= 0.6 is 0 Å². The lowest BCUT2D eigenvalue weighted by atomic mass is 10.2. The Labute approximate surface area is 136 Å². The maximum absolute atomic E-state index is 12.3. The molecule has 1 amide bonds. The Morgan fingerprint density at radius 1 is 1.30 bits per heavy atom. The number of amides is 1. The van der Waals surface area contributed by atoms with E-state index in [1.807, 2.05) is 30.3 Å². The molecular weight excluding hydrogens is 292 g/mol. The van der Waals surface area contributed by atoms with Crippen molar-refractivity contribution in [1.29, 1.82) is 0 Å². The molecule has 6 nitrogen and oxygen atoms in total. The molecule has 0 radical (unpaired) electrons. The standard InChI is InChI=1S/C17H22N4O2/c1-14(20-7-9-23-10-8-20)11-18-17(22)15-12-19-21(13-15)16-5-3-2-4-6-16/h2-6,12-14H,7-11H2,1H3,(H,18,22). The largest absolute Gasteiger partial charge is 0.379 e. The van der Waals surface area contributed by atoms with Gasteiger partial charge in [0, 0.05) is 31.9 Å². The van der Waals surface area contributed by atoms with Crippen LogP contribution in [0.2, 0.25) is 0 Å². The molecule has 6 heteroatoms. The first kappa shape index (κ1) is 15.7. The smallest absolute Gasteiger partial charge is 0.254 e. The van der Waals surface area contributed by atoms with E-state index in [0.29, 0.717) is 18.2 Å². The van der Waals surface area contributed by atoms with Gasteiger partial charge in [0.1, 0.15) is 0 Å². The monoisotopic (exact) mass is 314 g/mol. The molecule has 1 aromatic heterocycles. The van der Waals surface area contributed by atoms with Gasteiger partial charge in [0.15, 0.2) is 0 Å². The van der Waals surface area contributed by atoms with Crippen LogP contribution in [-0.2, 0) is 4.74 Å². The molecule has 1 aromatic carbocycles. The third-order valence-electron chi connectivity index (χ3n) is 4.09. The Morgan fingerprint density at radius 3 is 2.78 bits per heavy atom. The first-order chi connectivity index (χ1) is 11.2. The number of nitrogens with one attached hydrogen (secondary N) is 1. The molecule has 0 saturated carbocycles. The third-order valence-corrected chi connectivity index (χ3v) is 4.09. The van der Waals surface area contributed by atoms with Gasteiger partial charge in [-0.25, -0.2) is 4.68 Å². The van der Waals surface area contributed by atoms with Crippen molar-refractivity contribution in [2.75, 3.05) is 32.8 Å². The van der Waals surface area contributed by atoms with Gasteiger partial charge in [-0.15, -0.1) is 0 Å². The summed E-state index contributed by atoms with van der Waals surface area (Å²) >= 11 is 0. The molecule has 1 atom stereocenters. The number of nitrogens with zero attached hydrogens (tertiary/aromatic N) is 3. The van der Waals surface area contributed by atoms with E-state index < -0.39 is 0 Å². The first-order valence-electron chi connectivity index (χ1n) is 7.94. The molecule has 2 aromatic rings. The molecule has 1 N–H and O–H groups in total.